The monoisotopic (exact) mass is 336 g/mol. The molecule has 1 atom stereocenters. The molecule has 0 spiro atoms. The van der Waals surface area contributed by atoms with Crippen LogP contribution in [0.2, 0.25) is 0 Å². The molecule has 1 saturated heterocycles. The summed E-state index contributed by atoms with van der Waals surface area (Å²) in [5.41, 5.74) is 0.934. The fourth-order valence-electron chi connectivity index (χ4n) is 2.20. The van der Waals surface area contributed by atoms with Crippen LogP contribution in [0.5, 0.6) is 0 Å². The molecule has 1 unspecified atom stereocenters. The zero-order valence-corrected chi connectivity index (χ0v) is 13.6. The Labute approximate surface area is 139 Å². The Bertz CT molecular complexity index is 634. The van der Waals surface area contributed by atoms with Gasteiger partial charge in [-0.25, -0.2) is 9.59 Å². The number of nitrogens with zero attached hydrogens (tertiary/aromatic N) is 3. The highest BCUT2D eigenvalue weighted by Crippen LogP contribution is 2.11. The van der Waals surface area contributed by atoms with E-state index < -0.39 is 12.1 Å². The van der Waals surface area contributed by atoms with Crippen LogP contribution in [0.4, 0.5) is 4.79 Å². The Balaban J connectivity index is 2.03. The molecule has 9 heteroatoms. The van der Waals surface area contributed by atoms with Gasteiger partial charge >= 0.3 is 12.0 Å². The Kier molecular flexibility index (Phi) is 5.69. The lowest BCUT2D eigenvalue weighted by Crippen LogP contribution is -2.48. The summed E-state index contributed by atoms with van der Waals surface area (Å²) >= 11 is 0. The van der Waals surface area contributed by atoms with Crippen LogP contribution >= 0.6 is 0 Å². The van der Waals surface area contributed by atoms with Crippen molar-refractivity contribution in [3.05, 3.63) is 29.6 Å². The summed E-state index contributed by atoms with van der Waals surface area (Å²) in [7, 11) is 3.25. The van der Waals surface area contributed by atoms with Crippen LogP contribution in [0.25, 0.3) is 0 Å². The highest BCUT2D eigenvalue weighted by atomic mass is 16.5. The van der Waals surface area contributed by atoms with Crippen molar-refractivity contribution in [1.29, 1.82) is 0 Å². The van der Waals surface area contributed by atoms with E-state index >= 15 is 0 Å². The van der Waals surface area contributed by atoms with E-state index in [1.165, 1.54) is 16.0 Å². The SMILES string of the molecule is CN(C)C(=O)NCc1cc(C(=O)N2CCOC(C(=O)O)C2)ccn1. The molecule has 130 valence electrons. The van der Waals surface area contributed by atoms with Crippen LogP contribution in [0.15, 0.2) is 18.3 Å². The summed E-state index contributed by atoms with van der Waals surface area (Å²) in [5.74, 6) is -1.37. The molecule has 1 aliphatic heterocycles. The second-order valence-corrected chi connectivity index (χ2v) is 5.54. The predicted octanol–water partition coefficient (Wildman–Crippen LogP) is -0.222. The van der Waals surface area contributed by atoms with Gasteiger partial charge in [0.15, 0.2) is 6.10 Å². The number of carbonyl (C=O) groups excluding carboxylic acids is 2. The first-order chi connectivity index (χ1) is 11.4. The Morgan fingerprint density at radius 3 is 2.88 bits per heavy atom. The summed E-state index contributed by atoms with van der Waals surface area (Å²) in [6.45, 7) is 0.708. The van der Waals surface area contributed by atoms with E-state index in [0.29, 0.717) is 17.8 Å². The maximum absolute atomic E-state index is 12.5. The van der Waals surface area contributed by atoms with Crippen molar-refractivity contribution in [2.75, 3.05) is 33.8 Å². The van der Waals surface area contributed by atoms with Crippen LogP contribution < -0.4 is 5.32 Å². The van der Waals surface area contributed by atoms with E-state index in [0.717, 1.165) is 0 Å². The van der Waals surface area contributed by atoms with Gasteiger partial charge in [0.25, 0.3) is 5.91 Å². The van der Waals surface area contributed by atoms with Crippen LogP contribution in [0, 0.1) is 0 Å². The quantitative estimate of drug-likeness (QED) is 0.786. The van der Waals surface area contributed by atoms with Crippen molar-refractivity contribution in [3.8, 4) is 0 Å². The Morgan fingerprint density at radius 2 is 2.21 bits per heavy atom. The zero-order chi connectivity index (χ0) is 17.7. The summed E-state index contributed by atoms with van der Waals surface area (Å²) in [6.07, 6.45) is 0.475. The minimum absolute atomic E-state index is 0.00316. The van der Waals surface area contributed by atoms with Gasteiger partial charge in [-0.1, -0.05) is 0 Å². The van der Waals surface area contributed by atoms with Crippen molar-refractivity contribution >= 4 is 17.9 Å². The number of rotatable bonds is 4. The molecule has 1 fully saturated rings. The number of urea groups is 1. The lowest BCUT2D eigenvalue weighted by Gasteiger charge is -2.31. The fraction of sp³-hybridized carbons (Fsp3) is 0.467. The molecule has 1 aromatic heterocycles. The number of morpholine rings is 1. The van der Waals surface area contributed by atoms with Crippen molar-refractivity contribution in [2.24, 2.45) is 0 Å². The van der Waals surface area contributed by atoms with Gasteiger partial charge in [0.2, 0.25) is 0 Å². The first kappa shape index (κ1) is 17.7. The molecule has 9 nitrogen and oxygen atoms in total. The van der Waals surface area contributed by atoms with E-state index in [9.17, 15) is 14.4 Å². The molecule has 0 radical (unpaired) electrons. The van der Waals surface area contributed by atoms with Crippen LogP contribution in [0.3, 0.4) is 0 Å². The zero-order valence-electron chi connectivity index (χ0n) is 13.6. The van der Waals surface area contributed by atoms with Gasteiger partial charge in [-0.15, -0.1) is 0 Å². The molecule has 0 aromatic carbocycles. The average molecular weight is 336 g/mol. The standard InChI is InChI=1S/C15H20N4O5/c1-18(2)15(23)17-8-11-7-10(3-4-16-11)13(20)19-5-6-24-12(9-19)14(21)22/h3-4,7,12H,5-6,8-9H2,1-2H3,(H,17,23)(H,21,22). The molecule has 1 aliphatic rings. The summed E-state index contributed by atoms with van der Waals surface area (Å²) in [5, 5.41) is 11.7. The third-order valence-electron chi connectivity index (χ3n) is 3.52. The van der Waals surface area contributed by atoms with E-state index in [1.54, 1.807) is 26.2 Å². The van der Waals surface area contributed by atoms with Crippen molar-refractivity contribution in [1.82, 2.24) is 20.1 Å². The molecule has 3 amide bonds. The number of carbonyl (C=O) groups is 3. The maximum atomic E-state index is 12.5. The van der Waals surface area contributed by atoms with E-state index in [2.05, 4.69) is 10.3 Å². The third-order valence-corrected chi connectivity index (χ3v) is 3.52. The van der Waals surface area contributed by atoms with Gasteiger partial charge in [-0.3, -0.25) is 9.78 Å². The first-order valence-electron chi connectivity index (χ1n) is 7.42. The summed E-state index contributed by atoms with van der Waals surface area (Å²) in [4.78, 5) is 42.0. The molecular formula is C15H20N4O5. The molecule has 0 aliphatic carbocycles. The molecule has 1 aromatic rings. The number of pyridine rings is 1. The highest BCUT2D eigenvalue weighted by Gasteiger charge is 2.29. The predicted molar refractivity (Wildman–Crippen MR) is 83.4 cm³/mol. The summed E-state index contributed by atoms with van der Waals surface area (Å²) in [6, 6.07) is 2.89. The number of carboxylic acid groups (broad SMARTS) is 1. The number of ether oxygens (including phenoxy) is 1. The van der Waals surface area contributed by atoms with E-state index in [-0.39, 0.29) is 31.6 Å². The van der Waals surface area contributed by atoms with E-state index in [1.807, 2.05) is 0 Å². The maximum Gasteiger partial charge on any atom is 0.334 e. The fourth-order valence-corrected chi connectivity index (χ4v) is 2.20. The summed E-state index contributed by atoms with van der Waals surface area (Å²) < 4.78 is 5.11. The van der Waals surface area contributed by atoms with Crippen LogP contribution in [-0.4, -0.2) is 77.7 Å². The van der Waals surface area contributed by atoms with Gasteiger partial charge in [0.05, 0.1) is 25.4 Å². The van der Waals surface area contributed by atoms with Crippen LogP contribution in [-0.2, 0) is 16.1 Å². The lowest BCUT2D eigenvalue weighted by molar-refractivity contribution is -0.154. The second kappa shape index (κ2) is 7.73. The van der Waals surface area contributed by atoms with Gasteiger partial charge < -0.3 is 25.0 Å². The smallest absolute Gasteiger partial charge is 0.334 e. The molecule has 2 rings (SSSR count). The van der Waals surface area contributed by atoms with E-state index in [4.69, 9.17) is 9.84 Å². The largest absolute Gasteiger partial charge is 0.479 e. The average Bonchev–Trinajstić information content (AvgIpc) is 2.59. The minimum Gasteiger partial charge on any atom is -0.479 e. The lowest BCUT2D eigenvalue weighted by atomic mass is 10.1. The molecule has 2 heterocycles. The molecule has 0 bridgehead atoms. The number of hydrogen-bond donors (Lipinski definition) is 2. The number of carboxylic acids is 1. The van der Waals surface area contributed by atoms with Gasteiger partial charge in [-0.2, -0.15) is 0 Å². The van der Waals surface area contributed by atoms with Crippen molar-refractivity contribution in [3.63, 3.8) is 0 Å². The van der Waals surface area contributed by atoms with Crippen LogP contribution in [0.1, 0.15) is 16.1 Å². The molecular weight excluding hydrogens is 316 g/mol. The van der Waals surface area contributed by atoms with Gasteiger partial charge in [0, 0.05) is 32.4 Å². The highest BCUT2D eigenvalue weighted by molar-refractivity contribution is 5.94. The second-order valence-electron chi connectivity index (χ2n) is 5.54. The number of nitrogens with one attached hydrogen (secondary N) is 1. The first-order valence-corrected chi connectivity index (χ1v) is 7.42. The molecule has 0 saturated carbocycles. The Hall–Kier alpha value is -2.68. The van der Waals surface area contributed by atoms with Gasteiger partial charge in [-0.05, 0) is 12.1 Å². The van der Waals surface area contributed by atoms with Crippen molar-refractivity contribution < 1.29 is 24.2 Å². The topological polar surface area (TPSA) is 112 Å². The number of amides is 3. The number of aromatic nitrogens is 1. The molecule has 2 N–H and O–H groups in total. The van der Waals surface area contributed by atoms with Crippen molar-refractivity contribution in [2.45, 2.75) is 12.6 Å². The number of aliphatic carboxylic acids is 1. The minimum atomic E-state index is -1.09. The van der Waals surface area contributed by atoms with Gasteiger partial charge in [0.1, 0.15) is 0 Å². The third kappa shape index (κ3) is 4.42. The Morgan fingerprint density at radius 1 is 1.46 bits per heavy atom. The normalized spacial score (nSPS) is 17.2. The molecule has 24 heavy (non-hydrogen) atoms. The number of hydrogen-bond acceptors (Lipinski definition) is 5.